The van der Waals surface area contributed by atoms with E-state index in [1.54, 1.807) is 24.4 Å². The fourth-order valence-corrected chi connectivity index (χ4v) is 0.850. The average molecular weight is 193 g/mol. The largest absolute Gasteiger partial charge is 0.508 e. The standard InChI is InChI=1S/C11H15NO2/c1-11(2,3)14-12-8-9-5-4-6-10(13)7-9/h4-8,13H,1-3H3/b12-8+. The summed E-state index contributed by atoms with van der Waals surface area (Å²) in [5.74, 6) is 0.227. The molecule has 0 aliphatic rings. The van der Waals surface area contributed by atoms with Crippen LogP contribution in [-0.4, -0.2) is 16.9 Å². The molecule has 1 aromatic rings. The molecule has 0 spiro atoms. The van der Waals surface area contributed by atoms with Gasteiger partial charge in [-0.2, -0.15) is 0 Å². The van der Waals surface area contributed by atoms with Crippen molar-refractivity contribution in [1.29, 1.82) is 0 Å². The molecule has 0 bridgehead atoms. The third kappa shape index (κ3) is 3.94. The van der Waals surface area contributed by atoms with Gasteiger partial charge >= 0.3 is 0 Å². The number of nitrogens with zero attached hydrogens (tertiary/aromatic N) is 1. The summed E-state index contributed by atoms with van der Waals surface area (Å²) in [6.45, 7) is 5.77. The van der Waals surface area contributed by atoms with Crippen molar-refractivity contribution in [2.75, 3.05) is 0 Å². The van der Waals surface area contributed by atoms with Crippen molar-refractivity contribution < 1.29 is 9.94 Å². The van der Waals surface area contributed by atoms with Crippen molar-refractivity contribution in [3.05, 3.63) is 29.8 Å². The molecule has 3 heteroatoms. The van der Waals surface area contributed by atoms with Gasteiger partial charge in [-0.1, -0.05) is 17.3 Å². The van der Waals surface area contributed by atoms with Gasteiger partial charge in [-0.3, -0.25) is 0 Å². The quantitative estimate of drug-likeness (QED) is 0.579. The summed E-state index contributed by atoms with van der Waals surface area (Å²) in [5.41, 5.74) is 0.530. The monoisotopic (exact) mass is 193 g/mol. The summed E-state index contributed by atoms with van der Waals surface area (Å²) < 4.78 is 0. The van der Waals surface area contributed by atoms with Crippen molar-refractivity contribution in [3.8, 4) is 5.75 Å². The van der Waals surface area contributed by atoms with Crippen LogP contribution in [0.2, 0.25) is 0 Å². The highest BCUT2D eigenvalue weighted by Crippen LogP contribution is 2.10. The molecule has 1 aromatic carbocycles. The zero-order valence-electron chi connectivity index (χ0n) is 8.69. The smallest absolute Gasteiger partial charge is 0.129 e. The number of rotatable bonds is 2. The number of oxime groups is 1. The summed E-state index contributed by atoms with van der Waals surface area (Å²) in [4.78, 5) is 5.16. The lowest BCUT2D eigenvalue weighted by atomic mass is 10.2. The molecule has 1 rings (SSSR count). The molecule has 0 fully saturated rings. The van der Waals surface area contributed by atoms with Gasteiger partial charge in [0.2, 0.25) is 0 Å². The first-order valence-corrected chi connectivity index (χ1v) is 4.48. The van der Waals surface area contributed by atoms with E-state index < -0.39 is 0 Å². The molecular formula is C11H15NO2. The van der Waals surface area contributed by atoms with Crippen LogP contribution in [0.15, 0.2) is 29.4 Å². The lowest BCUT2D eigenvalue weighted by molar-refractivity contribution is 0.00199. The van der Waals surface area contributed by atoms with Crippen LogP contribution in [0.25, 0.3) is 0 Å². The van der Waals surface area contributed by atoms with E-state index in [1.807, 2.05) is 26.8 Å². The molecule has 0 radical (unpaired) electrons. The number of phenols is 1. The molecule has 76 valence electrons. The van der Waals surface area contributed by atoms with Gasteiger partial charge in [0.1, 0.15) is 11.4 Å². The zero-order valence-corrected chi connectivity index (χ0v) is 8.69. The highest BCUT2D eigenvalue weighted by molar-refractivity contribution is 5.79. The van der Waals surface area contributed by atoms with E-state index in [1.165, 1.54) is 0 Å². The third-order valence-corrected chi connectivity index (χ3v) is 1.40. The first kappa shape index (κ1) is 10.6. The van der Waals surface area contributed by atoms with Crippen LogP contribution < -0.4 is 0 Å². The second-order valence-electron chi connectivity index (χ2n) is 4.03. The predicted octanol–water partition coefficient (Wildman–Crippen LogP) is 2.54. The molecular weight excluding hydrogens is 178 g/mol. The Kier molecular flexibility index (Phi) is 3.12. The van der Waals surface area contributed by atoms with Crippen molar-refractivity contribution in [2.24, 2.45) is 5.16 Å². The Balaban J connectivity index is 2.61. The lowest BCUT2D eigenvalue weighted by Crippen LogP contribution is -2.15. The van der Waals surface area contributed by atoms with Crippen molar-refractivity contribution in [3.63, 3.8) is 0 Å². The van der Waals surface area contributed by atoms with E-state index in [-0.39, 0.29) is 11.4 Å². The van der Waals surface area contributed by atoms with E-state index in [0.717, 1.165) is 5.56 Å². The first-order valence-electron chi connectivity index (χ1n) is 4.48. The minimum Gasteiger partial charge on any atom is -0.508 e. The van der Waals surface area contributed by atoms with Crippen molar-refractivity contribution in [1.82, 2.24) is 0 Å². The molecule has 1 N–H and O–H groups in total. The molecule has 0 aliphatic heterocycles. The van der Waals surface area contributed by atoms with E-state index in [0.29, 0.717) is 0 Å². The molecule has 0 saturated heterocycles. The van der Waals surface area contributed by atoms with Crippen LogP contribution in [0, 0.1) is 0 Å². The number of phenolic OH excluding ortho intramolecular Hbond substituents is 1. The summed E-state index contributed by atoms with van der Waals surface area (Å²) in [6.07, 6.45) is 1.57. The predicted molar refractivity (Wildman–Crippen MR) is 56.5 cm³/mol. The number of benzene rings is 1. The molecule has 0 amide bonds. The third-order valence-electron chi connectivity index (χ3n) is 1.40. The van der Waals surface area contributed by atoms with E-state index in [4.69, 9.17) is 9.94 Å². The van der Waals surface area contributed by atoms with Crippen LogP contribution in [0.4, 0.5) is 0 Å². The first-order chi connectivity index (χ1) is 6.47. The topological polar surface area (TPSA) is 41.8 Å². The number of hydrogen-bond acceptors (Lipinski definition) is 3. The Morgan fingerprint density at radius 3 is 2.64 bits per heavy atom. The zero-order chi connectivity index (χ0) is 10.6. The van der Waals surface area contributed by atoms with Gasteiger partial charge in [-0.15, -0.1) is 0 Å². The Bertz CT molecular complexity index is 326. The minimum absolute atomic E-state index is 0.227. The van der Waals surface area contributed by atoms with Crippen LogP contribution in [0.1, 0.15) is 26.3 Å². The normalized spacial score (nSPS) is 11.9. The maximum absolute atomic E-state index is 9.17. The highest BCUT2D eigenvalue weighted by Gasteiger charge is 2.09. The van der Waals surface area contributed by atoms with Gasteiger partial charge < -0.3 is 9.94 Å². The molecule has 0 aromatic heterocycles. The Hall–Kier alpha value is -1.51. The molecule has 0 aliphatic carbocycles. The second-order valence-corrected chi connectivity index (χ2v) is 4.03. The average Bonchev–Trinajstić information content (AvgIpc) is 2.01. The lowest BCUT2D eigenvalue weighted by Gasteiger charge is -2.14. The maximum atomic E-state index is 9.17. The fourth-order valence-electron chi connectivity index (χ4n) is 0.850. The van der Waals surface area contributed by atoms with Gasteiger partial charge in [-0.25, -0.2) is 0 Å². The Labute approximate surface area is 84.0 Å². The van der Waals surface area contributed by atoms with Crippen molar-refractivity contribution in [2.45, 2.75) is 26.4 Å². The van der Waals surface area contributed by atoms with Gasteiger partial charge in [0.05, 0.1) is 6.21 Å². The van der Waals surface area contributed by atoms with Gasteiger partial charge in [-0.05, 0) is 38.5 Å². The van der Waals surface area contributed by atoms with Crippen LogP contribution in [0.3, 0.4) is 0 Å². The SMILES string of the molecule is CC(C)(C)O/N=C/c1cccc(O)c1. The number of hydrogen-bond donors (Lipinski definition) is 1. The summed E-state index contributed by atoms with van der Waals surface area (Å²) in [7, 11) is 0. The van der Waals surface area contributed by atoms with E-state index in [2.05, 4.69) is 5.16 Å². The highest BCUT2D eigenvalue weighted by atomic mass is 16.6. The maximum Gasteiger partial charge on any atom is 0.129 e. The molecule has 0 unspecified atom stereocenters. The van der Waals surface area contributed by atoms with Crippen molar-refractivity contribution >= 4 is 6.21 Å². The van der Waals surface area contributed by atoms with E-state index >= 15 is 0 Å². The number of aromatic hydroxyl groups is 1. The van der Waals surface area contributed by atoms with Gasteiger partial charge in [0.15, 0.2) is 0 Å². The van der Waals surface area contributed by atoms with Crippen LogP contribution >= 0.6 is 0 Å². The van der Waals surface area contributed by atoms with Gasteiger partial charge in [0.25, 0.3) is 0 Å². The minimum atomic E-state index is -0.284. The van der Waals surface area contributed by atoms with Gasteiger partial charge in [0, 0.05) is 0 Å². The van der Waals surface area contributed by atoms with Crippen LogP contribution in [0.5, 0.6) is 5.75 Å². The van der Waals surface area contributed by atoms with E-state index in [9.17, 15) is 0 Å². The Morgan fingerprint density at radius 1 is 1.36 bits per heavy atom. The van der Waals surface area contributed by atoms with Crippen LogP contribution in [-0.2, 0) is 4.84 Å². The summed E-state index contributed by atoms with van der Waals surface area (Å²) in [5, 5.41) is 13.0. The second kappa shape index (κ2) is 4.13. The summed E-state index contributed by atoms with van der Waals surface area (Å²) in [6, 6.07) is 6.83. The fraction of sp³-hybridized carbons (Fsp3) is 0.364. The summed E-state index contributed by atoms with van der Waals surface area (Å²) >= 11 is 0. The molecule has 14 heavy (non-hydrogen) atoms. The Morgan fingerprint density at radius 2 is 2.07 bits per heavy atom. The molecule has 0 saturated carbocycles. The molecule has 3 nitrogen and oxygen atoms in total. The molecule has 0 heterocycles. The molecule has 0 atom stereocenters.